The SMILES string of the molecule is CO[C@H]1O[C@H]([C@H](O)C#C[Si](C)(C)C)[C@@H](OCc2ccccc2)[C@H](OCc2ccccc2)[C@H]1OCc1ccccc1. The van der Waals surface area contributed by atoms with Crippen LogP contribution in [0.25, 0.3) is 0 Å². The fourth-order valence-corrected chi connectivity index (χ4v) is 5.09. The number of hydrogen-bond acceptors (Lipinski definition) is 6. The summed E-state index contributed by atoms with van der Waals surface area (Å²) in [6.45, 7) is 7.39. The van der Waals surface area contributed by atoms with Gasteiger partial charge in [-0.05, 0) is 16.7 Å². The Morgan fingerprint density at radius 1 is 0.700 bits per heavy atom. The van der Waals surface area contributed by atoms with Crippen molar-refractivity contribution in [2.45, 2.75) is 76.3 Å². The maximum Gasteiger partial charge on any atom is 0.186 e. The van der Waals surface area contributed by atoms with Gasteiger partial charge in [-0.2, -0.15) is 0 Å². The molecule has 0 saturated carbocycles. The largest absolute Gasteiger partial charge is 0.378 e. The maximum absolute atomic E-state index is 11.3. The van der Waals surface area contributed by atoms with Crippen molar-refractivity contribution in [3.8, 4) is 11.5 Å². The van der Waals surface area contributed by atoms with E-state index in [2.05, 4.69) is 31.1 Å². The van der Waals surface area contributed by atoms with Crippen LogP contribution in [-0.4, -0.2) is 57.1 Å². The van der Waals surface area contributed by atoms with Crippen LogP contribution in [0.15, 0.2) is 91.0 Å². The molecule has 0 unspecified atom stereocenters. The summed E-state index contributed by atoms with van der Waals surface area (Å²) in [5, 5.41) is 11.3. The predicted molar refractivity (Wildman–Crippen MR) is 158 cm³/mol. The Bertz CT molecular complexity index is 1210. The fraction of sp³-hybridized carbons (Fsp3) is 0.394. The second kappa shape index (κ2) is 14.7. The van der Waals surface area contributed by atoms with Gasteiger partial charge < -0.3 is 28.8 Å². The zero-order valence-corrected chi connectivity index (χ0v) is 24.7. The van der Waals surface area contributed by atoms with Gasteiger partial charge in [-0.15, -0.1) is 5.54 Å². The monoisotopic (exact) mass is 560 g/mol. The molecule has 6 atom stereocenters. The molecule has 1 saturated heterocycles. The van der Waals surface area contributed by atoms with E-state index in [9.17, 15) is 5.11 Å². The molecular weight excluding hydrogens is 520 g/mol. The van der Waals surface area contributed by atoms with Crippen LogP contribution in [0.3, 0.4) is 0 Å². The molecule has 40 heavy (non-hydrogen) atoms. The standard InChI is InChI=1S/C33H40O6Si/c1-35-33-32(38-24-27-18-12-7-13-19-27)31(37-23-26-16-10-6-11-17-26)30(36-22-25-14-8-5-9-15-25)29(39-33)28(34)20-21-40(2,3)4/h5-19,28-34H,22-24H2,1-4H3/t28-,29-,30-,31+,32-,33+/m1/s1. The first-order chi connectivity index (χ1) is 19.3. The van der Waals surface area contributed by atoms with Crippen molar-refractivity contribution >= 4 is 8.07 Å². The highest BCUT2D eigenvalue weighted by atomic mass is 28.3. The number of rotatable bonds is 11. The van der Waals surface area contributed by atoms with Crippen LogP contribution in [0.4, 0.5) is 0 Å². The smallest absolute Gasteiger partial charge is 0.186 e. The molecular formula is C33H40O6Si. The Morgan fingerprint density at radius 2 is 1.12 bits per heavy atom. The minimum Gasteiger partial charge on any atom is -0.378 e. The van der Waals surface area contributed by atoms with Crippen molar-refractivity contribution in [2.75, 3.05) is 7.11 Å². The Hall–Kier alpha value is -2.80. The highest BCUT2D eigenvalue weighted by Gasteiger charge is 2.50. The van der Waals surface area contributed by atoms with Gasteiger partial charge in [0.15, 0.2) is 6.29 Å². The molecule has 6 nitrogen and oxygen atoms in total. The van der Waals surface area contributed by atoms with E-state index >= 15 is 0 Å². The minimum absolute atomic E-state index is 0.313. The summed E-state index contributed by atoms with van der Waals surface area (Å²) in [5.41, 5.74) is 6.30. The molecule has 1 N–H and O–H groups in total. The van der Waals surface area contributed by atoms with Crippen LogP contribution in [0, 0.1) is 11.5 Å². The molecule has 0 bridgehead atoms. The van der Waals surface area contributed by atoms with E-state index in [0.29, 0.717) is 19.8 Å². The highest BCUT2D eigenvalue weighted by Crippen LogP contribution is 2.32. The van der Waals surface area contributed by atoms with Crippen molar-refractivity contribution in [2.24, 2.45) is 0 Å². The third-order valence-corrected chi connectivity index (χ3v) is 7.42. The second-order valence-corrected chi connectivity index (χ2v) is 15.7. The number of hydrogen-bond donors (Lipinski definition) is 1. The van der Waals surface area contributed by atoms with Crippen LogP contribution in [-0.2, 0) is 43.5 Å². The van der Waals surface area contributed by atoms with Gasteiger partial charge in [-0.1, -0.05) is 117 Å². The third-order valence-electron chi connectivity index (χ3n) is 6.53. The molecule has 0 aromatic heterocycles. The lowest BCUT2D eigenvalue weighted by Gasteiger charge is -2.46. The minimum atomic E-state index is -1.75. The van der Waals surface area contributed by atoms with Gasteiger partial charge in [0.2, 0.25) is 0 Å². The molecule has 1 aliphatic heterocycles. The normalized spacial score (nSPS) is 23.7. The van der Waals surface area contributed by atoms with Gasteiger partial charge in [0.05, 0.1) is 19.8 Å². The van der Waals surface area contributed by atoms with Crippen LogP contribution < -0.4 is 0 Å². The number of ether oxygens (including phenoxy) is 5. The molecule has 3 aromatic rings. The lowest BCUT2D eigenvalue weighted by atomic mass is 9.94. The van der Waals surface area contributed by atoms with E-state index in [1.165, 1.54) is 0 Å². The molecule has 0 aliphatic carbocycles. The molecule has 4 rings (SSSR count). The van der Waals surface area contributed by atoms with Crippen LogP contribution in [0.1, 0.15) is 16.7 Å². The summed E-state index contributed by atoms with van der Waals surface area (Å²) in [7, 11) is -0.177. The fourth-order valence-electron chi connectivity index (χ4n) is 4.51. The zero-order valence-electron chi connectivity index (χ0n) is 23.7. The molecule has 1 aliphatic rings. The molecule has 1 fully saturated rings. The Balaban J connectivity index is 1.66. The van der Waals surface area contributed by atoms with E-state index < -0.39 is 44.9 Å². The first-order valence-electron chi connectivity index (χ1n) is 13.7. The van der Waals surface area contributed by atoms with Gasteiger partial charge in [-0.25, -0.2) is 0 Å². The van der Waals surface area contributed by atoms with Crippen molar-refractivity contribution in [1.82, 2.24) is 0 Å². The molecule has 1 heterocycles. The van der Waals surface area contributed by atoms with Gasteiger partial charge in [-0.3, -0.25) is 0 Å². The Morgan fingerprint density at radius 3 is 1.55 bits per heavy atom. The highest BCUT2D eigenvalue weighted by molar-refractivity contribution is 6.83. The average Bonchev–Trinajstić information content (AvgIpc) is 2.97. The van der Waals surface area contributed by atoms with Gasteiger partial charge in [0.1, 0.15) is 38.6 Å². The topological polar surface area (TPSA) is 66.4 Å². The van der Waals surface area contributed by atoms with Gasteiger partial charge >= 0.3 is 0 Å². The lowest BCUT2D eigenvalue weighted by Crippen LogP contribution is -2.63. The maximum atomic E-state index is 11.3. The van der Waals surface area contributed by atoms with E-state index in [-0.39, 0.29) is 0 Å². The summed E-state index contributed by atoms with van der Waals surface area (Å²) in [5.74, 6) is 3.04. The number of methoxy groups -OCH3 is 1. The average molecular weight is 561 g/mol. The summed E-state index contributed by atoms with van der Waals surface area (Å²) in [6, 6.07) is 29.8. The van der Waals surface area contributed by atoms with E-state index in [0.717, 1.165) is 16.7 Å². The second-order valence-electron chi connectivity index (χ2n) is 11.0. The summed E-state index contributed by atoms with van der Waals surface area (Å²) in [4.78, 5) is 0. The Labute approximate surface area is 239 Å². The van der Waals surface area contributed by atoms with Crippen molar-refractivity contribution in [1.29, 1.82) is 0 Å². The predicted octanol–water partition coefficient (Wildman–Crippen LogP) is 5.36. The zero-order chi connectivity index (χ0) is 28.4. The third kappa shape index (κ3) is 8.85. The van der Waals surface area contributed by atoms with Crippen LogP contribution in [0.2, 0.25) is 19.6 Å². The van der Waals surface area contributed by atoms with Crippen molar-refractivity contribution < 1.29 is 28.8 Å². The lowest BCUT2D eigenvalue weighted by molar-refractivity contribution is -0.326. The molecule has 3 aromatic carbocycles. The van der Waals surface area contributed by atoms with Crippen LogP contribution in [0.5, 0.6) is 0 Å². The van der Waals surface area contributed by atoms with E-state index in [1.54, 1.807) is 7.11 Å². The number of benzene rings is 3. The van der Waals surface area contributed by atoms with E-state index in [4.69, 9.17) is 23.7 Å². The van der Waals surface area contributed by atoms with Crippen molar-refractivity contribution in [3.63, 3.8) is 0 Å². The molecule has 0 amide bonds. The first-order valence-corrected chi connectivity index (χ1v) is 17.2. The van der Waals surface area contributed by atoms with Gasteiger partial charge in [0, 0.05) is 7.11 Å². The van der Waals surface area contributed by atoms with Crippen molar-refractivity contribution in [3.05, 3.63) is 108 Å². The Kier molecular flexibility index (Phi) is 11.1. The summed E-state index contributed by atoms with van der Waals surface area (Å²) in [6.07, 6.45) is -4.61. The quantitative estimate of drug-likeness (QED) is 0.252. The van der Waals surface area contributed by atoms with Gasteiger partial charge in [0.25, 0.3) is 0 Å². The summed E-state index contributed by atoms with van der Waals surface area (Å²) < 4.78 is 31.6. The molecule has 0 radical (unpaired) electrons. The van der Waals surface area contributed by atoms with Crippen LogP contribution >= 0.6 is 0 Å². The summed E-state index contributed by atoms with van der Waals surface area (Å²) >= 11 is 0. The first kappa shape index (κ1) is 30.2. The number of aliphatic hydroxyl groups is 1. The molecule has 0 spiro atoms. The van der Waals surface area contributed by atoms with E-state index in [1.807, 2.05) is 91.0 Å². The molecule has 7 heteroatoms. The molecule has 212 valence electrons. The number of aliphatic hydroxyl groups excluding tert-OH is 1.